The Balaban J connectivity index is 0.000000292. The Hall–Kier alpha value is 0.686. The van der Waals surface area contributed by atoms with Crippen molar-refractivity contribution >= 4 is 47.9 Å². The molecule has 0 atom stereocenters. The van der Waals surface area contributed by atoms with Crippen LogP contribution in [0.2, 0.25) is 0 Å². The summed E-state index contributed by atoms with van der Waals surface area (Å²) < 4.78 is 0. The van der Waals surface area contributed by atoms with Crippen LogP contribution in [0.3, 0.4) is 0 Å². The van der Waals surface area contributed by atoms with Crippen LogP contribution in [0, 0.1) is 6.07 Å². The van der Waals surface area contributed by atoms with E-state index in [0.717, 1.165) is 5.56 Å². The summed E-state index contributed by atoms with van der Waals surface area (Å²) in [4.78, 5) is 0. The summed E-state index contributed by atoms with van der Waals surface area (Å²) in [6, 6.07) is 10.7. The first-order chi connectivity index (χ1) is 5.35. The van der Waals surface area contributed by atoms with Crippen LogP contribution in [0.15, 0.2) is 30.8 Å². The molecule has 11 heavy (non-hydrogen) atoms. The molecule has 0 aliphatic carbocycles. The molecule has 3 heteroatoms. The molecule has 0 aliphatic rings. The van der Waals surface area contributed by atoms with Crippen molar-refractivity contribution in [3.8, 4) is 0 Å². The second kappa shape index (κ2) is 8.78. The lowest BCUT2D eigenvalue weighted by Crippen LogP contribution is -1.65. The van der Waals surface area contributed by atoms with Gasteiger partial charge in [0.25, 0.3) is 0 Å². The van der Waals surface area contributed by atoms with Crippen molar-refractivity contribution < 1.29 is 0 Å². The SMILES string of the molecule is C=Cc1[c]cccc1.[Br][Mg][Br]. The van der Waals surface area contributed by atoms with E-state index in [2.05, 4.69) is 38.4 Å². The molecule has 0 aromatic heterocycles. The Labute approximate surface area is 89.5 Å². The quantitative estimate of drug-likeness (QED) is 0.694. The van der Waals surface area contributed by atoms with Crippen molar-refractivity contribution in [2.24, 2.45) is 0 Å². The van der Waals surface area contributed by atoms with Crippen molar-refractivity contribution in [2.75, 3.05) is 0 Å². The monoisotopic (exact) mass is 285 g/mol. The van der Waals surface area contributed by atoms with Crippen LogP contribution in [0.1, 0.15) is 5.56 Å². The normalized spacial score (nSPS) is 7.09. The van der Waals surface area contributed by atoms with Gasteiger partial charge in [-0.15, -0.1) is 0 Å². The minimum absolute atomic E-state index is 0.0417. The van der Waals surface area contributed by atoms with Crippen LogP contribution < -0.4 is 0 Å². The molecule has 1 radical (unpaired) electrons. The summed E-state index contributed by atoms with van der Waals surface area (Å²) in [6.45, 7) is 3.60. The predicted octanol–water partition coefficient (Wildman–Crippen LogP) is 3.44. The number of hydrogen-bond acceptors (Lipinski definition) is 0. The Morgan fingerprint density at radius 1 is 1.45 bits per heavy atom. The molecule has 55 valence electrons. The van der Waals surface area contributed by atoms with Gasteiger partial charge >= 0.3 is 16.0 Å². The predicted molar refractivity (Wildman–Crippen MR) is 59.0 cm³/mol. The van der Waals surface area contributed by atoms with Gasteiger partial charge in [-0.05, 0) is 11.6 Å². The zero-order chi connectivity index (χ0) is 8.53. The minimum atomic E-state index is 0.0417. The van der Waals surface area contributed by atoms with Crippen molar-refractivity contribution in [3.63, 3.8) is 0 Å². The fourth-order valence-corrected chi connectivity index (χ4v) is 0.534. The summed E-state index contributed by atoms with van der Waals surface area (Å²) in [6.07, 6.45) is 1.78. The highest BCUT2D eigenvalue weighted by atomic mass is 79.9. The third-order valence-corrected chi connectivity index (χ3v) is 0.953. The zero-order valence-electron chi connectivity index (χ0n) is 6.06. The van der Waals surface area contributed by atoms with E-state index < -0.39 is 0 Å². The van der Waals surface area contributed by atoms with Gasteiger partial charge in [0.2, 0.25) is 0 Å². The van der Waals surface area contributed by atoms with E-state index in [4.69, 9.17) is 0 Å². The first-order valence-electron chi connectivity index (χ1n) is 3.06. The molecule has 0 fully saturated rings. The van der Waals surface area contributed by atoms with Crippen LogP contribution in [-0.2, 0) is 0 Å². The standard InChI is InChI=1S/C8H7.2BrH.Mg/c1-2-8-6-4-3-5-7-8;;;/h2-6H,1H2;2*1H;/q;;;+2/p-2. The Kier molecular flexibility index (Phi) is 9.33. The molecule has 1 aromatic carbocycles. The largest absolute Gasteiger partial charge is 0.560 e. The van der Waals surface area contributed by atoms with E-state index in [1.165, 1.54) is 0 Å². The van der Waals surface area contributed by atoms with E-state index in [-0.39, 0.29) is 16.0 Å². The smallest absolute Gasteiger partial charge is 0.280 e. The van der Waals surface area contributed by atoms with Gasteiger partial charge in [-0.2, -0.15) is 0 Å². The maximum absolute atomic E-state index is 3.60. The molecule has 1 rings (SSSR count). The molecule has 0 amide bonds. The molecule has 0 heterocycles. The molecular weight excluding hydrogens is 280 g/mol. The summed E-state index contributed by atoms with van der Waals surface area (Å²) in [5, 5.41) is 0. The second-order valence-corrected chi connectivity index (χ2v) is 9.70. The van der Waals surface area contributed by atoms with Crippen LogP contribution >= 0.6 is 25.8 Å². The van der Waals surface area contributed by atoms with E-state index in [0.29, 0.717) is 0 Å². The van der Waals surface area contributed by atoms with Gasteiger partial charge in [-0.25, -0.2) is 0 Å². The summed E-state index contributed by atoms with van der Waals surface area (Å²) in [5.74, 6) is 0. The highest BCUT2D eigenvalue weighted by molar-refractivity contribution is 9.47. The average molecular weight is 287 g/mol. The van der Waals surface area contributed by atoms with Crippen molar-refractivity contribution in [1.82, 2.24) is 0 Å². The Morgan fingerprint density at radius 2 is 2.09 bits per heavy atom. The zero-order valence-corrected chi connectivity index (χ0v) is 10.6. The first-order valence-corrected chi connectivity index (χ1v) is 10.9. The van der Waals surface area contributed by atoms with E-state index in [1.54, 1.807) is 6.08 Å². The molecule has 1 aromatic rings. The average Bonchev–Trinajstić information content (AvgIpc) is 2.08. The van der Waals surface area contributed by atoms with Gasteiger partial charge < -0.3 is 0 Å². The van der Waals surface area contributed by atoms with Crippen molar-refractivity contribution in [2.45, 2.75) is 0 Å². The molecule has 0 bridgehead atoms. The van der Waals surface area contributed by atoms with Crippen LogP contribution in [0.5, 0.6) is 0 Å². The highest BCUT2D eigenvalue weighted by Gasteiger charge is 1.76. The summed E-state index contributed by atoms with van der Waals surface area (Å²) in [7, 11) is 0. The maximum atomic E-state index is 3.60. The van der Waals surface area contributed by atoms with Crippen LogP contribution in [-0.4, -0.2) is 16.0 Å². The van der Waals surface area contributed by atoms with Gasteiger partial charge in [0.1, 0.15) is 0 Å². The summed E-state index contributed by atoms with van der Waals surface area (Å²) >= 11 is 6.44. The number of benzene rings is 1. The lowest BCUT2D eigenvalue weighted by molar-refractivity contribution is 1.65. The fourth-order valence-electron chi connectivity index (χ4n) is 0.534. The molecule has 0 saturated carbocycles. The van der Waals surface area contributed by atoms with E-state index in [9.17, 15) is 0 Å². The Bertz CT molecular complexity index is 187. The molecular formula is C8H7Br2Mg. The number of hydrogen-bond donors (Lipinski definition) is 0. The molecule has 0 aliphatic heterocycles. The van der Waals surface area contributed by atoms with Gasteiger partial charge in [0.05, 0.1) is 0 Å². The van der Waals surface area contributed by atoms with E-state index >= 15 is 0 Å². The summed E-state index contributed by atoms with van der Waals surface area (Å²) in [5.41, 5.74) is 1.05. The topological polar surface area (TPSA) is 0 Å². The highest BCUT2D eigenvalue weighted by Crippen LogP contribution is 1.96. The van der Waals surface area contributed by atoms with Crippen LogP contribution in [0.4, 0.5) is 0 Å². The second-order valence-electron chi connectivity index (χ2n) is 1.62. The minimum Gasteiger partial charge on any atom is -0.280 e. The van der Waals surface area contributed by atoms with Crippen molar-refractivity contribution in [1.29, 1.82) is 0 Å². The molecule has 0 spiro atoms. The molecule has 0 N–H and O–H groups in total. The molecule has 0 nitrogen and oxygen atoms in total. The van der Waals surface area contributed by atoms with Gasteiger partial charge in [-0.1, -0.05) is 36.9 Å². The number of rotatable bonds is 1. The fraction of sp³-hybridized carbons (Fsp3) is 0. The van der Waals surface area contributed by atoms with Crippen LogP contribution in [0.25, 0.3) is 6.08 Å². The third-order valence-electron chi connectivity index (χ3n) is 0.953. The molecule has 0 saturated heterocycles. The van der Waals surface area contributed by atoms with E-state index in [1.807, 2.05) is 24.3 Å². The van der Waals surface area contributed by atoms with Gasteiger partial charge in [0, 0.05) is 0 Å². The molecule has 0 unspecified atom stereocenters. The maximum Gasteiger partial charge on any atom is 0.560 e. The van der Waals surface area contributed by atoms with Crippen molar-refractivity contribution in [3.05, 3.63) is 42.5 Å². The number of halogens is 2. The lowest BCUT2D eigenvalue weighted by atomic mass is 10.2. The van der Waals surface area contributed by atoms with Gasteiger partial charge in [0.15, 0.2) is 0 Å². The third kappa shape index (κ3) is 7.06. The van der Waals surface area contributed by atoms with Gasteiger partial charge in [-0.3, -0.25) is 25.8 Å². The first kappa shape index (κ1) is 11.7. The Morgan fingerprint density at radius 3 is 2.36 bits per heavy atom. The lowest BCUT2D eigenvalue weighted by Gasteiger charge is -1.84.